The van der Waals surface area contributed by atoms with Crippen molar-refractivity contribution in [1.29, 1.82) is 0 Å². The van der Waals surface area contributed by atoms with Crippen LogP contribution in [0, 0.1) is 27.7 Å². The van der Waals surface area contributed by atoms with Gasteiger partial charge in [-0.05, 0) is 247 Å². The van der Waals surface area contributed by atoms with Gasteiger partial charge in [-0.15, -0.1) is 45.3 Å². The number of amides is 8. The Morgan fingerprint density at radius 1 is 0.392 bits per heavy atom. The molecule has 13 atom stereocenters. The number of morpholine rings is 1. The lowest BCUT2D eigenvalue weighted by Crippen LogP contribution is -2.58. The standard InChI is InChI=1S/C25H33N5O3S.3C23H31N5O3S/c1-5-15(3)27-20-9-14(2)19(11-26-20)22-21(24(31)30-8-6-7-16(30)4)28-23(34-22)25(32)29-12-17-10-18(13-29)33-17;3*1-12(2)25-18-10-13(3)15(11-24-18)20-19(23(31)28-9-5-6-14(28)4)27-22(32-20)21(30)26-16-7-8-17(16)29/h9,11,15-18H,5-8,10,12-13H2,1-4H3,(H,26,27);3*10-12,14,16-17,29H,5-9H2,1-4H3,(H,24,25)(H,26,30)/t15-,16+,17?,18?;14-,16?,17?;14-,16+,17+;14-,16+,17-/m1000/s1. The van der Waals surface area contributed by atoms with Gasteiger partial charge in [-0.2, -0.15) is 0 Å². The third kappa shape index (κ3) is 22.0. The molecular formula is C94H126N20O12S4. The lowest BCUT2D eigenvalue weighted by molar-refractivity contribution is -0.171. The van der Waals surface area contributed by atoms with Gasteiger partial charge in [0.2, 0.25) is 0 Å². The molecule has 10 aliphatic rings. The predicted octanol–water partition coefficient (Wildman–Crippen LogP) is 13.6. The van der Waals surface area contributed by atoms with E-state index in [9.17, 15) is 53.7 Å². The molecule has 36 heteroatoms. The molecule has 0 spiro atoms. The van der Waals surface area contributed by atoms with Gasteiger partial charge in [-0.3, -0.25) is 38.4 Å². The number of thiazole rings is 4. The SMILES string of the molecule is CC[C@@H](C)Nc1cc(C)c(-c2sc(C(=O)N3CC4CC(C3)O4)nc2C(=O)N2CCC[C@@H]2C)cn1.Cc1cc(NC(C)C)ncc1-c1sc(C(=O)NC2CCC2O)nc1C(=O)N1CCC[C@@H]1C.Cc1cc(NC(C)C)ncc1-c1sc(C(=O)N[C@@H]2CC[C@@H]2O)nc1C(=O)N1CCC[C@@H]1C.Cc1cc(NC(C)C)ncc1-c1sc(C(=O)N[C@@H]2CC[C@H]2O)nc1C(=O)N1CCC[C@@H]1C. The number of aromatic nitrogens is 8. The molecule has 130 heavy (non-hydrogen) atoms. The molecule has 18 rings (SSSR count). The van der Waals surface area contributed by atoms with E-state index in [0.717, 1.165) is 163 Å². The van der Waals surface area contributed by atoms with Crippen LogP contribution in [-0.4, -0.2) is 263 Å². The number of likely N-dealkylation sites (tertiary alicyclic amines) is 4. The van der Waals surface area contributed by atoms with Crippen LogP contribution < -0.4 is 37.2 Å². The Bertz CT molecular complexity index is 5080. The molecule has 0 radical (unpaired) electrons. The van der Waals surface area contributed by atoms with Gasteiger partial charge >= 0.3 is 0 Å². The highest BCUT2D eigenvalue weighted by Crippen LogP contribution is 2.42. The van der Waals surface area contributed by atoms with Crippen molar-refractivity contribution in [3.05, 3.63) is 114 Å². The summed E-state index contributed by atoms with van der Waals surface area (Å²) >= 11 is 4.93. The van der Waals surface area contributed by atoms with Crippen LogP contribution in [0.5, 0.6) is 0 Å². The van der Waals surface area contributed by atoms with Crippen molar-refractivity contribution >= 4 is 116 Å². The van der Waals surface area contributed by atoms with Crippen molar-refractivity contribution in [2.75, 3.05) is 60.5 Å². The number of carbonyl (C=O) groups is 8. The average molecular weight is 1860 g/mol. The maximum absolute atomic E-state index is 13.6. The molecule has 4 unspecified atom stereocenters. The maximum atomic E-state index is 13.6. The number of hydrogen-bond donors (Lipinski definition) is 10. The van der Waals surface area contributed by atoms with E-state index in [1.165, 1.54) is 45.3 Å². The fourth-order valence-electron chi connectivity index (χ4n) is 17.5. The zero-order chi connectivity index (χ0) is 93.0. The van der Waals surface area contributed by atoms with Crippen LogP contribution in [0.4, 0.5) is 23.3 Å². The first-order valence-corrected chi connectivity index (χ1v) is 49.5. The summed E-state index contributed by atoms with van der Waals surface area (Å²) in [6, 6.07) is 8.80. The molecule has 10 fully saturated rings. The number of ether oxygens (including phenoxy) is 1. The number of fused-ring (bicyclic) bond motifs is 2. The molecule has 8 aromatic heterocycles. The zero-order valence-corrected chi connectivity index (χ0v) is 80.6. The lowest BCUT2D eigenvalue weighted by atomic mass is 9.89. The Hall–Kier alpha value is -10.1. The molecule has 2 bridgehead atoms. The molecule has 0 aromatic carbocycles. The first kappa shape index (κ1) is 96.0. The van der Waals surface area contributed by atoms with Gasteiger partial charge in [0.1, 0.15) is 46.0 Å². The van der Waals surface area contributed by atoms with Crippen LogP contribution >= 0.6 is 45.3 Å². The Morgan fingerprint density at radius 3 is 0.877 bits per heavy atom. The molecule has 7 aliphatic heterocycles. The molecule has 32 nitrogen and oxygen atoms in total. The second-order valence-electron chi connectivity index (χ2n) is 37.1. The number of aliphatic hydroxyl groups is 3. The van der Waals surface area contributed by atoms with E-state index in [2.05, 4.69) is 97.9 Å². The molecule has 3 aliphatic carbocycles. The van der Waals surface area contributed by atoms with Gasteiger partial charge in [-0.1, -0.05) is 6.92 Å². The summed E-state index contributed by atoms with van der Waals surface area (Å²) in [5.41, 5.74) is 8.40. The Morgan fingerprint density at radius 2 is 0.654 bits per heavy atom. The van der Waals surface area contributed by atoms with E-state index >= 15 is 0 Å². The summed E-state index contributed by atoms with van der Waals surface area (Å²) in [4.78, 5) is 154. The molecule has 3 saturated carbocycles. The smallest absolute Gasteiger partial charge is 0.283 e. The van der Waals surface area contributed by atoms with Gasteiger partial charge in [0, 0.05) is 141 Å². The zero-order valence-electron chi connectivity index (χ0n) is 77.4. The number of piperidine rings is 1. The highest BCUT2D eigenvalue weighted by atomic mass is 32.1. The van der Waals surface area contributed by atoms with Gasteiger partial charge in [-0.25, -0.2) is 39.9 Å². The van der Waals surface area contributed by atoms with E-state index in [1.807, 2.05) is 139 Å². The van der Waals surface area contributed by atoms with Crippen LogP contribution in [0.1, 0.15) is 289 Å². The molecule has 15 heterocycles. The first-order chi connectivity index (χ1) is 62.1. The van der Waals surface area contributed by atoms with Crippen molar-refractivity contribution < 1.29 is 58.4 Å². The van der Waals surface area contributed by atoms with Crippen molar-refractivity contribution in [2.24, 2.45) is 0 Å². The van der Waals surface area contributed by atoms with Crippen LogP contribution in [0.3, 0.4) is 0 Å². The van der Waals surface area contributed by atoms with E-state index in [1.54, 1.807) is 24.8 Å². The Kier molecular flexibility index (Phi) is 30.9. The summed E-state index contributed by atoms with van der Waals surface area (Å²) < 4.78 is 5.68. The van der Waals surface area contributed by atoms with Gasteiger partial charge in [0.25, 0.3) is 47.3 Å². The third-order valence-corrected chi connectivity index (χ3v) is 30.1. The summed E-state index contributed by atoms with van der Waals surface area (Å²) in [6.07, 6.45) is 19.8. The minimum atomic E-state index is -0.516. The molecule has 10 N–H and O–H groups in total. The number of carbonyl (C=O) groups excluding carboxylic acids is 8. The van der Waals surface area contributed by atoms with Crippen molar-refractivity contribution in [3.8, 4) is 41.8 Å². The van der Waals surface area contributed by atoms with Gasteiger partial charge in [0.15, 0.2) is 20.0 Å². The highest BCUT2D eigenvalue weighted by Gasteiger charge is 2.44. The largest absolute Gasteiger partial charge is 0.391 e. The average Bonchev–Trinajstić information content (AvgIpc) is 1.31. The van der Waals surface area contributed by atoms with Gasteiger partial charge < -0.3 is 81.8 Å². The van der Waals surface area contributed by atoms with Crippen LogP contribution in [0.25, 0.3) is 41.8 Å². The van der Waals surface area contributed by atoms with E-state index in [4.69, 9.17) is 4.74 Å². The predicted molar refractivity (Wildman–Crippen MR) is 508 cm³/mol. The summed E-state index contributed by atoms with van der Waals surface area (Å²) in [6.45, 7) is 36.7. The lowest BCUT2D eigenvalue weighted by Gasteiger charge is -2.46. The first-order valence-electron chi connectivity index (χ1n) is 46.2. The number of hydrogen-bond acceptors (Lipinski definition) is 28. The van der Waals surface area contributed by atoms with Crippen LogP contribution in [-0.2, 0) is 4.74 Å². The molecule has 8 aromatic rings. The summed E-state index contributed by atoms with van der Waals surface area (Å²) in [5.74, 6) is 1.42. The van der Waals surface area contributed by atoms with E-state index in [0.29, 0.717) is 100 Å². The normalized spacial score (nSPS) is 23.2. The third-order valence-electron chi connectivity index (χ3n) is 25.8. The van der Waals surface area contributed by atoms with Gasteiger partial charge in [0.05, 0.1) is 68.2 Å². The minimum absolute atomic E-state index is 0.0960. The number of nitrogens with zero attached hydrogens (tertiary/aromatic N) is 13. The number of rotatable bonds is 24. The number of aliphatic hydroxyl groups excluding tert-OH is 3. The van der Waals surface area contributed by atoms with Crippen LogP contribution in [0.2, 0.25) is 0 Å². The maximum Gasteiger partial charge on any atom is 0.283 e. The highest BCUT2D eigenvalue weighted by molar-refractivity contribution is 7.18. The monoisotopic (exact) mass is 1850 g/mol. The minimum Gasteiger partial charge on any atom is -0.391 e. The molecule has 8 amide bonds. The van der Waals surface area contributed by atoms with E-state index < -0.39 is 18.3 Å². The number of nitrogens with one attached hydrogen (secondary N) is 7. The van der Waals surface area contributed by atoms with Crippen molar-refractivity contribution in [2.45, 2.75) is 310 Å². The molecule has 7 saturated heterocycles. The number of aryl methyl sites for hydroxylation is 4. The fourth-order valence-corrected chi connectivity index (χ4v) is 21.7. The fraction of sp³-hybridized carbons (Fsp3) is 0.574. The van der Waals surface area contributed by atoms with Crippen molar-refractivity contribution in [3.63, 3.8) is 0 Å². The number of pyridine rings is 4. The van der Waals surface area contributed by atoms with E-state index in [-0.39, 0.29) is 135 Å². The molecule has 698 valence electrons. The van der Waals surface area contributed by atoms with Crippen molar-refractivity contribution in [1.82, 2.24) is 80.3 Å². The summed E-state index contributed by atoms with van der Waals surface area (Å²) in [7, 11) is 0. The Balaban J connectivity index is 0.000000140. The quantitative estimate of drug-likeness (QED) is 0.0269. The second kappa shape index (κ2) is 41.8. The van der Waals surface area contributed by atoms with Crippen LogP contribution in [0.15, 0.2) is 49.1 Å². The topological polar surface area (TPSA) is 410 Å². The Labute approximate surface area is 776 Å². The summed E-state index contributed by atoms with van der Waals surface area (Å²) in [5, 5.41) is 52.3. The number of anilines is 4. The second-order valence-corrected chi connectivity index (χ2v) is 41.1. The molecular weight excluding hydrogens is 1730 g/mol.